The van der Waals surface area contributed by atoms with Crippen molar-refractivity contribution in [1.29, 1.82) is 0 Å². The zero-order valence-corrected chi connectivity index (χ0v) is 40.4. The van der Waals surface area contributed by atoms with Gasteiger partial charge in [-0.3, -0.25) is 4.79 Å². The monoisotopic (exact) mass is 909 g/mol. The molecule has 0 radical (unpaired) electrons. The van der Waals surface area contributed by atoms with E-state index in [0.717, 1.165) is 85.8 Å². The number of carbonyl (C=O) groups excluding carboxylic acids is 1. The van der Waals surface area contributed by atoms with Gasteiger partial charge in [-0.15, -0.1) is 22.7 Å². The van der Waals surface area contributed by atoms with E-state index in [0.29, 0.717) is 34.4 Å². The SMILES string of the molecule is Cc1ccc([C@@](O)(C(=O)O[C@H]2CC[C@H](N(C)CCCn3cnc4cc(CNC[C@H](O[Si](C)(C)C(C)(C)C)c5ccc(O)c6[nH]c(=O)ccc56)c5c(c43)CCC5)CC2)c2cccs2)s1. The molecule has 2 aromatic carbocycles. The zero-order valence-electron chi connectivity index (χ0n) is 37.8. The summed E-state index contributed by atoms with van der Waals surface area (Å²) in [5.74, 6) is -0.530. The van der Waals surface area contributed by atoms with Crippen LogP contribution in [0.3, 0.4) is 0 Å². The lowest BCUT2D eigenvalue weighted by atomic mass is 9.91. The van der Waals surface area contributed by atoms with Crippen LogP contribution < -0.4 is 10.9 Å². The van der Waals surface area contributed by atoms with Gasteiger partial charge in [0.15, 0.2) is 8.32 Å². The minimum atomic E-state index is -2.22. The number of aromatic nitrogens is 3. The highest BCUT2D eigenvalue weighted by Gasteiger charge is 2.45. The first-order valence-electron chi connectivity index (χ1n) is 22.5. The van der Waals surface area contributed by atoms with E-state index in [1.165, 1.54) is 50.9 Å². The minimum Gasteiger partial charge on any atom is -0.506 e. The molecule has 4 aromatic heterocycles. The highest BCUT2D eigenvalue weighted by molar-refractivity contribution is 7.13. The highest BCUT2D eigenvalue weighted by atomic mass is 32.1. The van der Waals surface area contributed by atoms with E-state index in [9.17, 15) is 19.8 Å². The van der Waals surface area contributed by atoms with Crippen LogP contribution in [0.25, 0.3) is 21.9 Å². The molecule has 63 heavy (non-hydrogen) atoms. The Morgan fingerprint density at radius 1 is 1.06 bits per heavy atom. The number of ether oxygens (including phenoxy) is 1. The van der Waals surface area contributed by atoms with Crippen molar-refractivity contribution < 1.29 is 24.2 Å². The Kier molecular flexibility index (Phi) is 13.3. The molecule has 4 heterocycles. The quantitative estimate of drug-likeness (QED) is 0.0552. The lowest BCUT2D eigenvalue weighted by molar-refractivity contribution is -0.169. The number of benzene rings is 2. The number of aryl methyl sites for hydroxylation is 3. The van der Waals surface area contributed by atoms with Gasteiger partial charge in [0, 0.05) is 42.0 Å². The molecule has 0 unspecified atom stereocenters. The third-order valence-corrected chi connectivity index (χ3v) is 20.5. The number of aromatic hydroxyl groups is 1. The molecule has 1 saturated carbocycles. The number of phenols is 1. The number of nitrogens with zero attached hydrogens (tertiary/aromatic N) is 3. The predicted molar refractivity (Wildman–Crippen MR) is 256 cm³/mol. The van der Waals surface area contributed by atoms with E-state index >= 15 is 0 Å². The topological polar surface area (TPSA) is 142 Å². The van der Waals surface area contributed by atoms with Crippen LogP contribution in [0.15, 0.2) is 71.1 Å². The average Bonchev–Trinajstić information content (AvgIpc) is 4.09. The number of pyridine rings is 1. The number of nitrogens with one attached hydrogen (secondary N) is 2. The normalized spacial score (nSPS) is 18.6. The van der Waals surface area contributed by atoms with Crippen LogP contribution in [-0.2, 0) is 45.5 Å². The van der Waals surface area contributed by atoms with E-state index in [4.69, 9.17) is 14.1 Å². The summed E-state index contributed by atoms with van der Waals surface area (Å²) in [7, 11) is -0.00600. The average molecular weight is 910 g/mol. The predicted octanol–water partition coefficient (Wildman–Crippen LogP) is 9.47. The first kappa shape index (κ1) is 45.4. The maximum Gasteiger partial charge on any atom is 0.349 e. The highest BCUT2D eigenvalue weighted by Crippen LogP contribution is 2.42. The summed E-state index contributed by atoms with van der Waals surface area (Å²) in [6.45, 7) is 16.3. The largest absolute Gasteiger partial charge is 0.506 e. The van der Waals surface area contributed by atoms with Gasteiger partial charge in [-0.25, -0.2) is 9.78 Å². The first-order chi connectivity index (χ1) is 30.0. The van der Waals surface area contributed by atoms with Gasteiger partial charge < -0.3 is 39.1 Å². The Hall–Kier alpha value is -4.15. The molecule has 6 aromatic rings. The van der Waals surface area contributed by atoms with Gasteiger partial charge in [-0.2, -0.15) is 0 Å². The van der Waals surface area contributed by atoms with Crippen molar-refractivity contribution in [2.45, 2.75) is 134 Å². The van der Waals surface area contributed by atoms with Crippen LogP contribution in [0, 0.1) is 6.92 Å². The molecule has 0 spiro atoms. The molecule has 2 aliphatic carbocycles. The molecule has 0 saturated heterocycles. The fraction of sp³-hybridized carbons (Fsp3) is 0.490. The van der Waals surface area contributed by atoms with Crippen molar-refractivity contribution in [1.82, 2.24) is 24.8 Å². The van der Waals surface area contributed by atoms with Crippen LogP contribution in [-0.4, -0.2) is 76.2 Å². The second-order valence-corrected chi connectivity index (χ2v) is 26.2. The number of phenolic OH excluding ortho intramolecular Hbond substituents is 1. The molecule has 0 amide bonds. The molecule has 2 atom stereocenters. The lowest BCUT2D eigenvalue weighted by Crippen LogP contribution is -2.43. The van der Waals surface area contributed by atoms with E-state index in [-0.39, 0.29) is 28.6 Å². The smallest absolute Gasteiger partial charge is 0.349 e. The van der Waals surface area contributed by atoms with E-state index in [1.807, 2.05) is 42.9 Å². The Labute approximate surface area is 379 Å². The standard InChI is InChI=1S/C49H63N5O6S2Si/c1-31-14-22-43(62-31)49(58,42-13-9-26-61-42)47(57)59-34-17-15-33(16-18-34)53(5)24-10-25-54-30-51-39-27-32(35-11-8-12-38(35)46(39)54)28-50-29-41(60-63(6,7)48(2,3)4)36-19-21-40(55)45-37(36)20-23-44(56)52-45/h9,13-14,19-23,26-27,30,33-34,41,50,55,58H,8,10-12,15-18,24-25,28-29H2,1-7H3,(H,52,56)/t33-,34-,41-,49+/m0/s1. The van der Waals surface area contributed by atoms with E-state index in [2.05, 4.69) is 66.7 Å². The molecule has 11 nitrogen and oxygen atoms in total. The second-order valence-electron chi connectivity index (χ2n) is 19.2. The summed E-state index contributed by atoms with van der Waals surface area (Å²) >= 11 is 2.80. The maximum atomic E-state index is 13.6. The van der Waals surface area contributed by atoms with E-state index < -0.39 is 19.9 Å². The molecular weight excluding hydrogens is 847 g/mol. The number of aromatic amines is 1. The molecule has 2 aliphatic rings. The summed E-state index contributed by atoms with van der Waals surface area (Å²) in [6.07, 6.45) is 9.18. The summed E-state index contributed by atoms with van der Waals surface area (Å²) in [5, 5.41) is 28.9. The number of rotatable bonds is 16. The first-order valence-corrected chi connectivity index (χ1v) is 27.1. The van der Waals surface area contributed by atoms with Gasteiger partial charge in [-0.05, 0) is 154 Å². The number of H-pyrrole nitrogens is 1. The number of imidazole rings is 1. The van der Waals surface area contributed by atoms with Crippen molar-refractivity contribution in [3.8, 4) is 5.75 Å². The Bertz CT molecular complexity index is 2620. The summed E-state index contributed by atoms with van der Waals surface area (Å²) in [4.78, 5) is 38.3. The minimum absolute atomic E-state index is 0.00533. The Balaban J connectivity index is 0.885. The summed E-state index contributed by atoms with van der Waals surface area (Å²) in [6, 6.07) is 17.0. The number of carbonyl (C=O) groups is 1. The van der Waals surface area contributed by atoms with E-state index in [1.54, 1.807) is 18.2 Å². The summed E-state index contributed by atoms with van der Waals surface area (Å²) in [5.41, 5.74) is 5.78. The van der Waals surface area contributed by atoms with Gasteiger partial charge in [0.2, 0.25) is 11.2 Å². The molecule has 336 valence electrons. The van der Waals surface area contributed by atoms with Crippen molar-refractivity contribution in [2.24, 2.45) is 0 Å². The number of hydrogen-bond acceptors (Lipinski definition) is 11. The lowest BCUT2D eigenvalue weighted by Gasteiger charge is -2.39. The van der Waals surface area contributed by atoms with Gasteiger partial charge in [-0.1, -0.05) is 32.9 Å². The van der Waals surface area contributed by atoms with Crippen molar-refractivity contribution in [3.63, 3.8) is 0 Å². The molecule has 14 heteroatoms. The van der Waals surface area contributed by atoms with Gasteiger partial charge >= 0.3 is 5.97 Å². The molecule has 4 N–H and O–H groups in total. The molecule has 0 aliphatic heterocycles. The van der Waals surface area contributed by atoms with Crippen molar-refractivity contribution >= 4 is 58.9 Å². The van der Waals surface area contributed by atoms with Crippen LogP contribution in [0.1, 0.15) is 102 Å². The Morgan fingerprint density at radius 2 is 1.84 bits per heavy atom. The number of thiophene rings is 2. The van der Waals surface area contributed by atoms with Crippen molar-refractivity contribution in [2.75, 3.05) is 20.1 Å². The third-order valence-electron chi connectivity index (χ3n) is 13.9. The summed E-state index contributed by atoms with van der Waals surface area (Å²) < 4.78 is 15.5. The van der Waals surface area contributed by atoms with Crippen LogP contribution >= 0.6 is 22.7 Å². The third kappa shape index (κ3) is 9.36. The van der Waals surface area contributed by atoms with Gasteiger partial charge in [0.1, 0.15) is 11.9 Å². The number of esters is 1. The second kappa shape index (κ2) is 18.4. The van der Waals surface area contributed by atoms with Crippen molar-refractivity contribution in [3.05, 3.63) is 114 Å². The molecule has 0 bridgehead atoms. The van der Waals surface area contributed by atoms with Crippen LogP contribution in [0.2, 0.25) is 18.1 Å². The van der Waals surface area contributed by atoms with Gasteiger partial charge in [0.25, 0.3) is 0 Å². The number of hydrogen-bond donors (Lipinski definition) is 4. The molecule has 1 fully saturated rings. The molecular formula is C49H63N5O6S2Si. The molecule has 8 rings (SSSR count). The van der Waals surface area contributed by atoms with Crippen LogP contribution in [0.4, 0.5) is 0 Å². The fourth-order valence-electron chi connectivity index (χ4n) is 9.35. The number of aliphatic hydroxyl groups is 1. The van der Waals surface area contributed by atoms with Crippen LogP contribution in [0.5, 0.6) is 5.75 Å². The fourth-order valence-corrected chi connectivity index (χ4v) is 12.5. The zero-order chi connectivity index (χ0) is 44.7. The van der Waals surface area contributed by atoms with Gasteiger partial charge in [0.05, 0.1) is 38.7 Å². The number of fused-ring (bicyclic) bond motifs is 4. The Morgan fingerprint density at radius 3 is 2.56 bits per heavy atom. The maximum absolute atomic E-state index is 13.6.